The molecule has 1 aromatic rings. The number of benzene rings is 1. The van der Waals surface area contributed by atoms with Crippen LogP contribution in [0.2, 0.25) is 0 Å². The lowest BCUT2D eigenvalue weighted by Crippen LogP contribution is -2.13. The van der Waals surface area contributed by atoms with Gasteiger partial charge in [0.25, 0.3) is 0 Å². The van der Waals surface area contributed by atoms with E-state index in [-0.39, 0.29) is 6.42 Å². The Hall–Kier alpha value is -1.23. The van der Waals surface area contributed by atoms with Gasteiger partial charge in [-0.05, 0) is 20.0 Å². The second kappa shape index (κ2) is 4.32. The molecule has 1 aromatic carbocycles. The third-order valence-electron chi connectivity index (χ3n) is 1.85. The summed E-state index contributed by atoms with van der Waals surface area (Å²) in [6.07, 6.45) is -0.0144. The summed E-state index contributed by atoms with van der Waals surface area (Å²) in [4.78, 5) is 0. The third-order valence-corrected chi connectivity index (χ3v) is 1.85. The fourth-order valence-electron chi connectivity index (χ4n) is 1.11. The van der Waals surface area contributed by atoms with Gasteiger partial charge in [0.1, 0.15) is 0 Å². The Morgan fingerprint density at radius 2 is 1.93 bits per heavy atom. The Kier molecular flexibility index (Phi) is 3.35. The van der Waals surface area contributed by atoms with Crippen molar-refractivity contribution in [1.29, 1.82) is 0 Å². The van der Waals surface area contributed by atoms with Crippen molar-refractivity contribution in [2.24, 2.45) is 0 Å². The molecule has 0 saturated carbocycles. The van der Waals surface area contributed by atoms with E-state index in [2.05, 4.69) is 5.32 Å². The van der Waals surface area contributed by atoms with Crippen LogP contribution in [0.1, 0.15) is 5.56 Å². The number of phenolic OH excluding ortho intramolecular Hbond substituents is 1. The van der Waals surface area contributed by atoms with E-state index >= 15 is 0 Å². The van der Waals surface area contributed by atoms with Crippen LogP contribution >= 0.6 is 0 Å². The molecular weight excluding hydrogens is 195 g/mol. The van der Waals surface area contributed by atoms with Crippen LogP contribution in [0.25, 0.3) is 0 Å². The molecule has 0 spiro atoms. The number of halogens is 3. The standard InChI is InChI=1S/C9H10F3NO/c1-13-3-2-5-8(11)6(10)4-7(14)9(5)12/h4,13-14H,2-3H2,1H3. The van der Waals surface area contributed by atoms with Crippen molar-refractivity contribution >= 4 is 0 Å². The summed E-state index contributed by atoms with van der Waals surface area (Å²) in [6, 6.07) is 0.424. The van der Waals surface area contributed by atoms with Gasteiger partial charge in [-0.25, -0.2) is 13.2 Å². The van der Waals surface area contributed by atoms with Crippen molar-refractivity contribution in [3.8, 4) is 5.75 Å². The lowest BCUT2D eigenvalue weighted by Gasteiger charge is -2.06. The highest BCUT2D eigenvalue weighted by Crippen LogP contribution is 2.24. The van der Waals surface area contributed by atoms with Crippen molar-refractivity contribution in [3.63, 3.8) is 0 Å². The van der Waals surface area contributed by atoms with Gasteiger partial charge in [0.15, 0.2) is 23.2 Å². The monoisotopic (exact) mass is 205 g/mol. The van der Waals surface area contributed by atoms with Crippen LogP contribution in [0.4, 0.5) is 13.2 Å². The van der Waals surface area contributed by atoms with Crippen molar-refractivity contribution in [2.75, 3.05) is 13.6 Å². The second-order valence-electron chi connectivity index (χ2n) is 2.84. The number of phenols is 1. The summed E-state index contributed by atoms with van der Waals surface area (Å²) in [5.74, 6) is -4.44. The van der Waals surface area contributed by atoms with E-state index in [4.69, 9.17) is 5.11 Å². The molecule has 0 aliphatic carbocycles. The predicted molar refractivity (Wildman–Crippen MR) is 45.6 cm³/mol. The maximum Gasteiger partial charge on any atom is 0.171 e. The molecule has 0 unspecified atom stereocenters. The fraction of sp³-hybridized carbons (Fsp3) is 0.333. The van der Waals surface area contributed by atoms with E-state index in [1.807, 2.05) is 0 Å². The molecule has 0 radical (unpaired) electrons. The van der Waals surface area contributed by atoms with Crippen molar-refractivity contribution in [1.82, 2.24) is 5.32 Å². The van der Waals surface area contributed by atoms with Gasteiger partial charge < -0.3 is 10.4 Å². The van der Waals surface area contributed by atoms with Gasteiger partial charge in [-0.2, -0.15) is 0 Å². The number of likely N-dealkylation sites (N-methyl/N-ethyl adjacent to an activating group) is 1. The van der Waals surface area contributed by atoms with Crippen molar-refractivity contribution in [2.45, 2.75) is 6.42 Å². The summed E-state index contributed by atoms with van der Waals surface area (Å²) in [6.45, 7) is 0.302. The number of rotatable bonds is 3. The zero-order chi connectivity index (χ0) is 10.7. The van der Waals surface area contributed by atoms with Crippen LogP contribution in [-0.2, 0) is 6.42 Å². The quantitative estimate of drug-likeness (QED) is 0.734. The zero-order valence-corrected chi connectivity index (χ0v) is 7.57. The van der Waals surface area contributed by atoms with Crippen LogP contribution in [0.5, 0.6) is 5.75 Å². The van der Waals surface area contributed by atoms with E-state index in [1.165, 1.54) is 0 Å². The van der Waals surface area contributed by atoms with Crippen LogP contribution in [-0.4, -0.2) is 18.7 Å². The normalized spacial score (nSPS) is 10.6. The van der Waals surface area contributed by atoms with Crippen molar-refractivity contribution in [3.05, 3.63) is 29.1 Å². The van der Waals surface area contributed by atoms with Gasteiger partial charge in [0, 0.05) is 11.6 Å². The Labute approximate surface area is 79.4 Å². The lowest BCUT2D eigenvalue weighted by atomic mass is 10.1. The Balaban J connectivity index is 3.11. The van der Waals surface area contributed by atoms with Gasteiger partial charge in [-0.3, -0.25) is 0 Å². The molecule has 5 heteroatoms. The minimum absolute atomic E-state index is 0.0144. The molecule has 2 N–H and O–H groups in total. The number of nitrogens with one attached hydrogen (secondary N) is 1. The molecule has 14 heavy (non-hydrogen) atoms. The topological polar surface area (TPSA) is 32.3 Å². The Morgan fingerprint density at radius 3 is 2.50 bits per heavy atom. The van der Waals surface area contributed by atoms with E-state index < -0.39 is 28.8 Å². The molecule has 0 bridgehead atoms. The van der Waals surface area contributed by atoms with Crippen molar-refractivity contribution < 1.29 is 18.3 Å². The molecule has 0 amide bonds. The first-order valence-electron chi connectivity index (χ1n) is 4.08. The summed E-state index contributed by atoms with van der Waals surface area (Å²) in [5.41, 5.74) is -0.433. The van der Waals surface area contributed by atoms with Crippen LogP contribution in [0.15, 0.2) is 6.07 Å². The van der Waals surface area contributed by atoms with Gasteiger partial charge in [0.05, 0.1) is 0 Å². The molecule has 0 aliphatic rings. The largest absolute Gasteiger partial charge is 0.505 e. The Morgan fingerprint density at radius 1 is 1.29 bits per heavy atom. The summed E-state index contributed by atoms with van der Waals surface area (Å²) in [5, 5.41) is 11.6. The van der Waals surface area contributed by atoms with E-state index in [0.717, 1.165) is 0 Å². The fourth-order valence-corrected chi connectivity index (χ4v) is 1.11. The number of hydrogen-bond donors (Lipinski definition) is 2. The third kappa shape index (κ3) is 1.98. The van der Waals surface area contributed by atoms with Gasteiger partial charge in [0.2, 0.25) is 0 Å². The highest BCUT2D eigenvalue weighted by molar-refractivity contribution is 5.32. The van der Waals surface area contributed by atoms with Crippen LogP contribution in [0.3, 0.4) is 0 Å². The molecule has 0 aliphatic heterocycles. The molecule has 0 aromatic heterocycles. The van der Waals surface area contributed by atoms with E-state index in [0.29, 0.717) is 12.6 Å². The maximum absolute atomic E-state index is 13.1. The SMILES string of the molecule is CNCCc1c(F)c(O)cc(F)c1F. The van der Waals surface area contributed by atoms with E-state index in [1.54, 1.807) is 7.05 Å². The number of aromatic hydroxyl groups is 1. The summed E-state index contributed by atoms with van der Waals surface area (Å²) >= 11 is 0. The second-order valence-corrected chi connectivity index (χ2v) is 2.84. The molecule has 2 nitrogen and oxygen atoms in total. The first kappa shape index (κ1) is 10.8. The average molecular weight is 205 g/mol. The molecule has 0 atom stereocenters. The van der Waals surface area contributed by atoms with Gasteiger partial charge in [-0.15, -0.1) is 0 Å². The lowest BCUT2D eigenvalue weighted by molar-refractivity contribution is 0.404. The molecule has 0 saturated heterocycles. The Bertz CT molecular complexity index is 315. The zero-order valence-electron chi connectivity index (χ0n) is 7.57. The van der Waals surface area contributed by atoms with Gasteiger partial charge in [-0.1, -0.05) is 0 Å². The first-order chi connectivity index (χ1) is 6.57. The number of hydrogen-bond acceptors (Lipinski definition) is 2. The molecular formula is C9H10F3NO. The van der Waals surface area contributed by atoms with Crippen LogP contribution in [0, 0.1) is 17.5 Å². The maximum atomic E-state index is 13.1. The van der Waals surface area contributed by atoms with Gasteiger partial charge >= 0.3 is 0 Å². The molecule has 0 fully saturated rings. The molecule has 1 rings (SSSR count). The predicted octanol–water partition coefficient (Wildman–Crippen LogP) is 1.57. The summed E-state index contributed by atoms with van der Waals surface area (Å²) < 4.78 is 38.8. The van der Waals surface area contributed by atoms with Crippen LogP contribution < -0.4 is 5.32 Å². The van der Waals surface area contributed by atoms with E-state index in [9.17, 15) is 13.2 Å². The minimum atomic E-state index is -1.24. The highest BCUT2D eigenvalue weighted by atomic mass is 19.2. The average Bonchev–Trinajstić information content (AvgIpc) is 2.15. The summed E-state index contributed by atoms with van der Waals surface area (Å²) in [7, 11) is 1.61. The molecule has 78 valence electrons. The first-order valence-corrected chi connectivity index (χ1v) is 4.08. The highest BCUT2D eigenvalue weighted by Gasteiger charge is 2.17. The smallest absolute Gasteiger partial charge is 0.171 e. The minimum Gasteiger partial charge on any atom is -0.505 e. The molecule has 0 heterocycles.